The fourth-order valence-corrected chi connectivity index (χ4v) is 5.34. The van der Waals surface area contributed by atoms with Crippen LogP contribution in [0.25, 0.3) is 11.2 Å². The fourth-order valence-electron chi connectivity index (χ4n) is 5.34. The molecule has 8 nitrogen and oxygen atoms in total. The maximum atomic E-state index is 12.9. The third kappa shape index (κ3) is 7.20. The zero-order chi connectivity index (χ0) is 29.9. The van der Waals surface area contributed by atoms with Gasteiger partial charge in [0.25, 0.3) is 0 Å². The number of nitrogens with zero attached hydrogens (tertiary/aromatic N) is 5. The second kappa shape index (κ2) is 12.4. The number of fused-ring (bicyclic) bond motifs is 1. The summed E-state index contributed by atoms with van der Waals surface area (Å²) in [4.78, 5) is 26.7. The SMILES string of the molecule is C[C@H](NC(=O)CCc1nc2cccnc2n1Cc1ccc(OC(F)(F)F)cc1)c1ccc(N2CCC(N(C)C)C2)cc1. The maximum Gasteiger partial charge on any atom is 0.573 e. The summed E-state index contributed by atoms with van der Waals surface area (Å²) in [5.74, 6) is 0.294. The van der Waals surface area contributed by atoms with Crippen molar-refractivity contribution in [2.24, 2.45) is 0 Å². The van der Waals surface area contributed by atoms with E-state index in [0.29, 0.717) is 36.0 Å². The van der Waals surface area contributed by atoms with Gasteiger partial charge in [-0.05, 0) is 75.0 Å². The number of likely N-dealkylation sites (N-methyl/N-ethyl adjacent to an activating group) is 1. The number of ether oxygens (including phenoxy) is 1. The molecule has 11 heteroatoms. The van der Waals surface area contributed by atoms with Gasteiger partial charge in [-0.1, -0.05) is 24.3 Å². The number of halogens is 3. The van der Waals surface area contributed by atoms with E-state index in [1.165, 1.54) is 17.8 Å². The number of aryl methyl sites for hydroxylation is 1. The van der Waals surface area contributed by atoms with Crippen molar-refractivity contribution in [2.45, 2.75) is 51.2 Å². The quantitative estimate of drug-likeness (QED) is 0.274. The van der Waals surface area contributed by atoms with Gasteiger partial charge in [0, 0.05) is 43.9 Å². The number of amides is 1. The van der Waals surface area contributed by atoms with Crippen molar-refractivity contribution < 1.29 is 22.7 Å². The number of hydrogen-bond acceptors (Lipinski definition) is 6. The number of rotatable bonds is 10. The Morgan fingerprint density at radius 3 is 2.52 bits per heavy atom. The lowest BCUT2D eigenvalue weighted by atomic mass is 10.1. The van der Waals surface area contributed by atoms with Crippen LogP contribution in [0, 0.1) is 0 Å². The molecule has 1 aliphatic rings. The molecular formula is C31H35F3N6O2. The average Bonchev–Trinajstić information content (AvgIpc) is 3.58. The summed E-state index contributed by atoms with van der Waals surface area (Å²) in [6.07, 6.45) is -1.33. The number of nitrogens with one attached hydrogen (secondary N) is 1. The molecule has 2 atom stereocenters. The first-order chi connectivity index (χ1) is 20.1. The van der Waals surface area contributed by atoms with E-state index in [4.69, 9.17) is 0 Å². The number of hydrogen-bond donors (Lipinski definition) is 1. The second-order valence-corrected chi connectivity index (χ2v) is 10.9. The molecule has 42 heavy (non-hydrogen) atoms. The van der Waals surface area contributed by atoms with Crippen LogP contribution in [0.3, 0.4) is 0 Å². The highest BCUT2D eigenvalue weighted by atomic mass is 19.4. The zero-order valence-corrected chi connectivity index (χ0v) is 23.9. The van der Waals surface area contributed by atoms with Gasteiger partial charge < -0.3 is 24.4 Å². The van der Waals surface area contributed by atoms with Crippen molar-refractivity contribution >= 4 is 22.8 Å². The summed E-state index contributed by atoms with van der Waals surface area (Å²) in [7, 11) is 4.24. The zero-order valence-electron chi connectivity index (χ0n) is 23.9. The van der Waals surface area contributed by atoms with E-state index >= 15 is 0 Å². The Bertz CT molecular complexity index is 1500. The van der Waals surface area contributed by atoms with Crippen molar-refractivity contribution in [3.63, 3.8) is 0 Å². The molecule has 1 unspecified atom stereocenters. The minimum Gasteiger partial charge on any atom is -0.406 e. The van der Waals surface area contributed by atoms with E-state index < -0.39 is 6.36 Å². The van der Waals surface area contributed by atoms with E-state index in [1.807, 2.05) is 17.6 Å². The van der Waals surface area contributed by atoms with Gasteiger partial charge in [0.05, 0.1) is 12.6 Å². The third-order valence-corrected chi connectivity index (χ3v) is 7.69. The summed E-state index contributed by atoms with van der Waals surface area (Å²) in [6, 6.07) is 18.1. The Balaban J connectivity index is 1.20. The van der Waals surface area contributed by atoms with Gasteiger partial charge in [0.1, 0.15) is 17.1 Å². The average molecular weight is 581 g/mol. The predicted molar refractivity (Wildman–Crippen MR) is 155 cm³/mol. The lowest BCUT2D eigenvalue weighted by Gasteiger charge is -2.22. The fraction of sp³-hybridized carbons (Fsp3) is 0.387. The highest BCUT2D eigenvalue weighted by molar-refractivity contribution is 5.77. The molecule has 2 aromatic heterocycles. The molecule has 1 fully saturated rings. The summed E-state index contributed by atoms with van der Waals surface area (Å²) in [6.45, 7) is 4.35. The van der Waals surface area contributed by atoms with Gasteiger partial charge in [-0.25, -0.2) is 9.97 Å². The number of alkyl halides is 3. The van der Waals surface area contributed by atoms with Gasteiger partial charge in [-0.3, -0.25) is 4.79 Å². The van der Waals surface area contributed by atoms with Gasteiger partial charge in [-0.2, -0.15) is 0 Å². The monoisotopic (exact) mass is 580 g/mol. The van der Waals surface area contributed by atoms with Crippen molar-refractivity contribution in [3.05, 3.63) is 83.8 Å². The van der Waals surface area contributed by atoms with Crippen LogP contribution >= 0.6 is 0 Å². The maximum absolute atomic E-state index is 12.9. The Kier molecular flexibility index (Phi) is 8.67. The Hall–Kier alpha value is -4.12. The summed E-state index contributed by atoms with van der Waals surface area (Å²) < 4.78 is 43.5. The van der Waals surface area contributed by atoms with Crippen LogP contribution in [-0.4, -0.2) is 64.9 Å². The van der Waals surface area contributed by atoms with Crippen LogP contribution < -0.4 is 15.0 Å². The van der Waals surface area contributed by atoms with Gasteiger partial charge >= 0.3 is 6.36 Å². The molecule has 0 bridgehead atoms. The van der Waals surface area contributed by atoms with Crippen LogP contribution in [0.2, 0.25) is 0 Å². The first-order valence-corrected chi connectivity index (χ1v) is 14.0. The van der Waals surface area contributed by atoms with E-state index in [2.05, 4.69) is 68.2 Å². The Morgan fingerprint density at radius 1 is 1.12 bits per heavy atom. The summed E-state index contributed by atoms with van der Waals surface area (Å²) in [5.41, 5.74) is 4.31. The number of carbonyl (C=O) groups is 1. The molecule has 222 valence electrons. The highest BCUT2D eigenvalue weighted by Crippen LogP contribution is 2.26. The predicted octanol–water partition coefficient (Wildman–Crippen LogP) is 5.33. The molecule has 3 heterocycles. The molecule has 0 saturated carbocycles. The smallest absolute Gasteiger partial charge is 0.406 e. The summed E-state index contributed by atoms with van der Waals surface area (Å²) in [5, 5.41) is 3.09. The van der Waals surface area contributed by atoms with Crippen molar-refractivity contribution in [1.82, 2.24) is 24.8 Å². The molecule has 0 spiro atoms. The number of imidazole rings is 1. The van der Waals surface area contributed by atoms with Gasteiger partial charge in [0.2, 0.25) is 5.91 Å². The molecule has 0 radical (unpaired) electrons. The third-order valence-electron chi connectivity index (χ3n) is 7.69. The lowest BCUT2D eigenvalue weighted by Crippen LogP contribution is -2.31. The Morgan fingerprint density at radius 2 is 1.86 bits per heavy atom. The van der Waals surface area contributed by atoms with Crippen molar-refractivity contribution in [3.8, 4) is 5.75 Å². The van der Waals surface area contributed by atoms with Crippen LogP contribution in [0.5, 0.6) is 5.75 Å². The number of carbonyl (C=O) groups excluding carboxylic acids is 1. The normalized spacial score (nSPS) is 16.3. The van der Waals surface area contributed by atoms with Crippen LogP contribution in [0.15, 0.2) is 66.9 Å². The second-order valence-electron chi connectivity index (χ2n) is 10.9. The first-order valence-electron chi connectivity index (χ1n) is 14.0. The molecule has 5 rings (SSSR count). The number of pyridine rings is 1. The highest BCUT2D eigenvalue weighted by Gasteiger charge is 2.31. The number of aromatic nitrogens is 3. The van der Waals surface area contributed by atoms with Gasteiger partial charge in [0.15, 0.2) is 5.65 Å². The van der Waals surface area contributed by atoms with Crippen LogP contribution in [0.1, 0.15) is 42.8 Å². The molecule has 1 N–H and O–H groups in total. The number of anilines is 1. The van der Waals surface area contributed by atoms with Crippen LogP contribution in [-0.2, 0) is 17.8 Å². The molecule has 0 aliphatic carbocycles. The van der Waals surface area contributed by atoms with Crippen molar-refractivity contribution in [2.75, 3.05) is 32.1 Å². The molecule has 1 aliphatic heterocycles. The van der Waals surface area contributed by atoms with E-state index in [9.17, 15) is 18.0 Å². The minimum atomic E-state index is -4.75. The topological polar surface area (TPSA) is 75.5 Å². The molecule has 1 amide bonds. The van der Waals surface area contributed by atoms with Gasteiger partial charge in [-0.15, -0.1) is 13.2 Å². The minimum absolute atomic E-state index is 0.0971. The van der Waals surface area contributed by atoms with E-state index in [0.717, 1.165) is 30.6 Å². The molecule has 1 saturated heterocycles. The van der Waals surface area contributed by atoms with E-state index in [1.54, 1.807) is 24.4 Å². The standard InChI is InChI=1S/C31H35F3N6O2/c1-21(23-8-10-24(11-9-23)39-18-16-25(20-39)38(2)3)36-29(41)15-14-28-37-27-5-4-17-35-30(27)40(28)19-22-6-12-26(13-7-22)42-31(32,33)34/h4-13,17,21,25H,14-16,18-20H2,1-3H3,(H,36,41)/t21-,25?/m0/s1. The first kappa shape index (κ1) is 29.4. The molecule has 2 aromatic carbocycles. The molecule has 4 aromatic rings. The van der Waals surface area contributed by atoms with Crippen LogP contribution in [0.4, 0.5) is 18.9 Å². The number of benzene rings is 2. The van der Waals surface area contributed by atoms with Crippen molar-refractivity contribution in [1.29, 1.82) is 0 Å². The lowest BCUT2D eigenvalue weighted by molar-refractivity contribution is -0.274. The Labute approximate surface area is 243 Å². The summed E-state index contributed by atoms with van der Waals surface area (Å²) >= 11 is 0. The molecular weight excluding hydrogens is 545 g/mol. The van der Waals surface area contributed by atoms with E-state index in [-0.39, 0.29) is 24.1 Å². The largest absolute Gasteiger partial charge is 0.573 e.